The minimum absolute atomic E-state index is 1.06. The minimum atomic E-state index is 1.06. The molecule has 0 spiro atoms. The van der Waals surface area contributed by atoms with E-state index in [0.717, 1.165) is 17.8 Å². The zero-order valence-electron chi connectivity index (χ0n) is 7.96. The van der Waals surface area contributed by atoms with Gasteiger partial charge in [0, 0.05) is 5.69 Å². The van der Waals surface area contributed by atoms with Gasteiger partial charge >= 0.3 is 0 Å². The van der Waals surface area contributed by atoms with Crippen LogP contribution >= 0.6 is 0 Å². The lowest BCUT2D eigenvalue weighted by atomic mass is 10.2. The zero-order valence-corrected chi connectivity index (χ0v) is 7.96. The van der Waals surface area contributed by atoms with E-state index >= 15 is 0 Å². The first kappa shape index (κ1) is 8.98. The molecule has 0 aromatic carbocycles. The maximum Gasteiger partial charge on any atom is 0.0632 e. The molecule has 0 saturated carbocycles. The van der Waals surface area contributed by atoms with Crippen LogP contribution in [0, 0.1) is 6.92 Å². The van der Waals surface area contributed by atoms with E-state index in [-0.39, 0.29) is 0 Å². The average Bonchev–Trinajstić information content (AvgIpc) is 2.04. The van der Waals surface area contributed by atoms with Gasteiger partial charge in [-0.1, -0.05) is 18.6 Å². The van der Waals surface area contributed by atoms with Crippen molar-refractivity contribution in [1.29, 1.82) is 0 Å². The van der Waals surface area contributed by atoms with Crippen LogP contribution in [0.2, 0.25) is 0 Å². The summed E-state index contributed by atoms with van der Waals surface area (Å²) in [5, 5.41) is 0. The molecule has 1 rings (SSSR count). The summed E-state index contributed by atoms with van der Waals surface area (Å²) in [7, 11) is 0. The monoisotopic (exact) mass is 161 g/mol. The van der Waals surface area contributed by atoms with Crippen molar-refractivity contribution < 1.29 is 0 Å². The highest BCUT2D eigenvalue weighted by Gasteiger charge is 1.90. The summed E-state index contributed by atoms with van der Waals surface area (Å²) in [6.07, 6.45) is 3.22. The fraction of sp³-hybridized carbons (Fsp3) is 0.364. The van der Waals surface area contributed by atoms with E-state index < -0.39 is 0 Å². The van der Waals surface area contributed by atoms with Crippen molar-refractivity contribution in [2.24, 2.45) is 0 Å². The van der Waals surface area contributed by atoms with E-state index in [4.69, 9.17) is 0 Å². The molecule has 0 unspecified atom stereocenters. The van der Waals surface area contributed by atoms with Crippen LogP contribution < -0.4 is 0 Å². The maximum atomic E-state index is 4.38. The van der Waals surface area contributed by atoms with Gasteiger partial charge in [0.25, 0.3) is 0 Å². The van der Waals surface area contributed by atoms with E-state index in [9.17, 15) is 0 Å². The number of nitrogens with zero attached hydrogens (tertiary/aromatic N) is 1. The summed E-state index contributed by atoms with van der Waals surface area (Å²) < 4.78 is 0. The molecule has 64 valence electrons. The molecule has 12 heavy (non-hydrogen) atoms. The molecule has 0 saturated heterocycles. The summed E-state index contributed by atoms with van der Waals surface area (Å²) in [6.45, 7) is 6.30. The van der Waals surface area contributed by atoms with Crippen LogP contribution in [0.15, 0.2) is 23.8 Å². The molecule has 0 bridgehead atoms. The SMILES string of the molecule is CC/C(C)=C/c1cccc(C)n1. The molecule has 1 aromatic rings. The Morgan fingerprint density at radius 2 is 2.25 bits per heavy atom. The molecule has 0 radical (unpaired) electrons. The number of hydrogen-bond acceptors (Lipinski definition) is 1. The molecule has 0 aliphatic heterocycles. The van der Waals surface area contributed by atoms with Crippen molar-refractivity contribution in [2.75, 3.05) is 0 Å². The first-order valence-electron chi connectivity index (χ1n) is 4.33. The summed E-state index contributed by atoms with van der Waals surface area (Å²) in [4.78, 5) is 4.38. The van der Waals surface area contributed by atoms with Crippen LogP contribution in [0.3, 0.4) is 0 Å². The van der Waals surface area contributed by atoms with Gasteiger partial charge in [-0.05, 0) is 38.5 Å². The number of hydrogen-bond donors (Lipinski definition) is 0. The Balaban J connectivity index is 2.89. The van der Waals surface area contributed by atoms with E-state index in [2.05, 4.69) is 24.9 Å². The van der Waals surface area contributed by atoms with Crippen molar-refractivity contribution in [3.8, 4) is 0 Å². The highest BCUT2D eigenvalue weighted by atomic mass is 14.7. The minimum Gasteiger partial charge on any atom is -0.254 e. The van der Waals surface area contributed by atoms with Crippen molar-refractivity contribution in [3.63, 3.8) is 0 Å². The van der Waals surface area contributed by atoms with E-state index in [1.165, 1.54) is 5.57 Å². The number of aryl methyl sites for hydroxylation is 1. The molecule has 0 N–H and O–H groups in total. The predicted octanol–water partition coefficient (Wildman–Crippen LogP) is 3.20. The zero-order chi connectivity index (χ0) is 8.97. The second kappa shape index (κ2) is 4.05. The van der Waals surface area contributed by atoms with Crippen molar-refractivity contribution in [2.45, 2.75) is 27.2 Å². The Bertz CT molecular complexity index is 287. The lowest BCUT2D eigenvalue weighted by molar-refractivity contribution is 1.10. The molecule has 0 aliphatic rings. The molecule has 0 aliphatic carbocycles. The molecule has 1 aromatic heterocycles. The number of pyridine rings is 1. The highest BCUT2D eigenvalue weighted by molar-refractivity contribution is 5.48. The third kappa shape index (κ3) is 2.50. The highest BCUT2D eigenvalue weighted by Crippen LogP contribution is 2.06. The Morgan fingerprint density at radius 1 is 1.50 bits per heavy atom. The average molecular weight is 161 g/mol. The normalized spacial score (nSPS) is 11.8. The standard InChI is InChI=1S/C11H15N/c1-4-9(2)8-11-7-5-6-10(3)12-11/h5-8H,4H2,1-3H3/b9-8+. The van der Waals surface area contributed by atoms with E-state index in [1.54, 1.807) is 0 Å². The fourth-order valence-corrected chi connectivity index (χ4v) is 0.999. The van der Waals surface area contributed by atoms with Gasteiger partial charge in [-0.2, -0.15) is 0 Å². The molecule has 1 heterocycles. The molecule has 1 nitrogen and oxygen atoms in total. The Labute approximate surface area is 74.2 Å². The number of aromatic nitrogens is 1. The van der Waals surface area contributed by atoms with E-state index in [0.29, 0.717) is 0 Å². The Hall–Kier alpha value is -1.11. The van der Waals surface area contributed by atoms with Crippen molar-refractivity contribution in [3.05, 3.63) is 35.2 Å². The van der Waals surface area contributed by atoms with Gasteiger partial charge in [0.2, 0.25) is 0 Å². The van der Waals surface area contributed by atoms with Gasteiger partial charge in [0.1, 0.15) is 0 Å². The Morgan fingerprint density at radius 3 is 2.83 bits per heavy atom. The Kier molecular flexibility index (Phi) is 3.03. The van der Waals surface area contributed by atoms with Crippen molar-refractivity contribution >= 4 is 6.08 Å². The largest absolute Gasteiger partial charge is 0.254 e. The van der Waals surface area contributed by atoms with Gasteiger partial charge in [-0.15, -0.1) is 0 Å². The van der Waals surface area contributed by atoms with Gasteiger partial charge in [-0.25, -0.2) is 0 Å². The molecular weight excluding hydrogens is 146 g/mol. The number of rotatable bonds is 2. The quantitative estimate of drug-likeness (QED) is 0.649. The first-order valence-corrected chi connectivity index (χ1v) is 4.33. The fourth-order valence-electron chi connectivity index (χ4n) is 0.999. The number of allylic oxidation sites excluding steroid dienone is 1. The van der Waals surface area contributed by atoms with Gasteiger partial charge in [-0.3, -0.25) is 4.98 Å². The molecule has 0 atom stereocenters. The van der Waals surface area contributed by atoms with Gasteiger partial charge in [0.05, 0.1) is 5.69 Å². The van der Waals surface area contributed by atoms with Gasteiger partial charge < -0.3 is 0 Å². The molecular formula is C11H15N. The summed E-state index contributed by atoms with van der Waals surface area (Å²) in [6, 6.07) is 6.09. The second-order valence-corrected chi connectivity index (χ2v) is 3.05. The van der Waals surface area contributed by atoms with Crippen LogP contribution in [-0.4, -0.2) is 4.98 Å². The summed E-state index contributed by atoms with van der Waals surface area (Å²) >= 11 is 0. The van der Waals surface area contributed by atoms with Crippen LogP contribution in [0.1, 0.15) is 31.7 Å². The molecule has 0 amide bonds. The maximum absolute atomic E-state index is 4.38. The van der Waals surface area contributed by atoms with Crippen LogP contribution in [0.4, 0.5) is 0 Å². The third-order valence-electron chi connectivity index (χ3n) is 1.86. The second-order valence-electron chi connectivity index (χ2n) is 3.05. The first-order chi connectivity index (χ1) is 5.72. The lowest BCUT2D eigenvalue weighted by Gasteiger charge is -1.97. The van der Waals surface area contributed by atoms with Crippen LogP contribution in [0.25, 0.3) is 6.08 Å². The summed E-state index contributed by atoms with van der Waals surface area (Å²) in [5.41, 5.74) is 3.51. The van der Waals surface area contributed by atoms with E-state index in [1.807, 2.05) is 25.1 Å². The van der Waals surface area contributed by atoms with Crippen LogP contribution in [-0.2, 0) is 0 Å². The third-order valence-corrected chi connectivity index (χ3v) is 1.86. The summed E-state index contributed by atoms with van der Waals surface area (Å²) in [5.74, 6) is 0. The molecule has 0 fully saturated rings. The molecule has 1 heteroatoms. The van der Waals surface area contributed by atoms with Crippen LogP contribution in [0.5, 0.6) is 0 Å². The van der Waals surface area contributed by atoms with Crippen molar-refractivity contribution in [1.82, 2.24) is 4.98 Å². The smallest absolute Gasteiger partial charge is 0.0632 e. The predicted molar refractivity (Wildman–Crippen MR) is 52.9 cm³/mol. The van der Waals surface area contributed by atoms with Gasteiger partial charge in [0.15, 0.2) is 0 Å². The topological polar surface area (TPSA) is 12.9 Å². The lowest BCUT2D eigenvalue weighted by Crippen LogP contribution is -1.84.